The molecule has 0 aliphatic rings. The Bertz CT molecular complexity index is 1310. The molecule has 3 aromatic carbocycles. The zero-order valence-corrected chi connectivity index (χ0v) is 24.7. The Morgan fingerprint density at radius 2 is 1.50 bits per heavy atom. The standard InChI is InChI=1S/C32H38O5Si/c1-23(33)37-29(19-18-24-14-10-9-11-15-24)27-17-13-12-16-26(27)28-21-31(35-6)30(34-5)20-25(28)22-36-38(7,8)32(2,3)4/h9-17,20-21,29H,22H2,1-8H3/t29-/m1/s1. The second kappa shape index (κ2) is 12.3. The third-order valence-electron chi connectivity index (χ3n) is 6.94. The summed E-state index contributed by atoms with van der Waals surface area (Å²) in [5, 5.41) is 0.0646. The van der Waals surface area contributed by atoms with Crippen molar-refractivity contribution in [3.63, 3.8) is 0 Å². The Morgan fingerprint density at radius 1 is 0.895 bits per heavy atom. The van der Waals surface area contributed by atoms with E-state index in [9.17, 15) is 4.79 Å². The molecule has 0 fully saturated rings. The van der Waals surface area contributed by atoms with E-state index in [1.807, 2.05) is 66.7 Å². The van der Waals surface area contributed by atoms with Crippen LogP contribution in [-0.4, -0.2) is 28.5 Å². The number of ether oxygens (including phenoxy) is 3. The van der Waals surface area contributed by atoms with Gasteiger partial charge in [0.15, 0.2) is 25.9 Å². The van der Waals surface area contributed by atoms with Crippen molar-refractivity contribution in [2.75, 3.05) is 14.2 Å². The molecule has 38 heavy (non-hydrogen) atoms. The Morgan fingerprint density at radius 3 is 2.11 bits per heavy atom. The molecule has 3 aromatic rings. The van der Waals surface area contributed by atoms with Crippen LogP contribution in [0.5, 0.6) is 11.5 Å². The van der Waals surface area contributed by atoms with Gasteiger partial charge in [0.1, 0.15) is 0 Å². The molecular formula is C32H38O5Si. The normalized spacial score (nSPS) is 12.2. The zero-order chi connectivity index (χ0) is 27.9. The molecule has 0 saturated heterocycles. The quantitative estimate of drug-likeness (QED) is 0.171. The minimum atomic E-state index is -2.03. The van der Waals surface area contributed by atoms with Crippen LogP contribution in [0.2, 0.25) is 18.1 Å². The molecule has 0 heterocycles. The van der Waals surface area contributed by atoms with Crippen LogP contribution in [0.3, 0.4) is 0 Å². The average Bonchev–Trinajstić information content (AvgIpc) is 2.89. The average molecular weight is 531 g/mol. The smallest absolute Gasteiger partial charge is 0.304 e. The molecule has 0 bridgehead atoms. The minimum Gasteiger partial charge on any atom is -0.493 e. The summed E-state index contributed by atoms with van der Waals surface area (Å²) in [6.07, 6.45) is -0.758. The van der Waals surface area contributed by atoms with E-state index in [0.717, 1.165) is 27.8 Å². The molecule has 0 N–H and O–H groups in total. The van der Waals surface area contributed by atoms with Gasteiger partial charge in [-0.15, -0.1) is 0 Å². The molecule has 0 saturated carbocycles. The van der Waals surface area contributed by atoms with Crippen LogP contribution in [0.1, 0.15) is 50.5 Å². The number of methoxy groups -OCH3 is 2. The lowest BCUT2D eigenvalue weighted by Gasteiger charge is -2.36. The van der Waals surface area contributed by atoms with Crippen molar-refractivity contribution in [1.29, 1.82) is 0 Å². The fourth-order valence-corrected chi connectivity index (χ4v) is 4.69. The maximum Gasteiger partial charge on any atom is 0.304 e. The van der Waals surface area contributed by atoms with E-state index in [-0.39, 0.29) is 5.04 Å². The highest BCUT2D eigenvalue weighted by molar-refractivity contribution is 6.74. The van der Waals surface area contributed by atoms with E-state index < -0.39 is 20.4 Å². The van der Waals surface area contributed by atoms with Crippen LogP contribution in [0.15, 0.2) is 66.7 Å². The fraction of sp³-hybridized carbons (Fsp3) is 0.344. The van der Waals surface area contributed by atoms with Crippen LogP contribution in [0.4, 0.5) is 0 Å². The van der Waals surface area contributed by atoms with Crippen molar-refractivity contribution in [2.24, 2.45) is 0 Å². The molecule has 0 spiro atoms. The topological polar surface area (TPSA) is 54.0 Å². The highest BCUT2D eigenvalue weighted by atomic mass is 28.4. The van der Waals surface area contributed by atoms with Gasteiger partial charge in [0, 0.05) is 18.1 Å². The van der Waals surface area contributed by atoms with Crippen LogP contribution in [0, 0.1) is 11.8 Å². The molecule has 0 amide bonds. The highest BCUT2D eigenvalue weighted by Gasteiger charge is 2.37. The van der Waals surface area contributed by atoms with Gasteiger partial charge in [0.25, 0.3) is 0 Å². The first kappa shape index (κ1) is 29.0. The van der Waals surface area contributed by atoms with Crippen LogP contribution in [0.25, 0.3) is 11.1 Å². The molecule has 6 heteroatoms. The molecule has 3 rings (SSSR count). The number of esters is 1. The summed E-state index contributed by atoms with van der Waals surface area (Å²) in [6.45, 7) is 12.9. The second-order valence-electron chi connectivity index (χ2n) is 10.6. The first-order chi connectivity index (χ1) is 18.0. The first-order valence-electron chi connectivity index (χ1n) is 12.7. The number of hydrogen-bond acceptors (Lipinski definition) is 5. The monoisotopic (exact) mass is 530 g/mol. The fourth-order valence-electron chi connectivity index (χ4n) is 3.74. The van der Waals surface area contributed by atoms with Gasteiger partial charge in [-0.1, -0.05) is 69.2 Å². The third-order valence-corrected chi connectivity index (χ3v) is 11.4. The van der Waals surface area contributed by atoms with Crippen molar-refractivity contribution in [2.45, 2.75) is 58.5 Å². The molecule has 0 aliphatic carbocycles. The van der Waals surface area contributed by atoms with Gasteiger partial charge in [-0.2, -0.15) is 0 Å². The molecule has 0 unspecified atom stereocenters. The summed E-state index contributed by atoms with van der Waals surface area (Å²) in [7, 11) is 1.21. The van der Waals surface area contributed by atoms with Crippen molar-refractivity contribution < 1.29 is 23.4 Å². The van der Waals surface area contributed by atoms with Crippen LogP contribution < -0.4 is 9.47 Å². The van der Waals surface area contributed by atoms with Crippen molar-refractivity contribution in [3.8, 4) is 34.5 Å². The maximum atomic E-state index is 12.1. The van der Waals surface area contributed by atoms with E-state index in [0.29, 0.717) is 18.1 Å². The van der Waals surface area contributed by atoms with Gasteiger partial charge >= 0.3 is 5.97 Å². The predicted octanol–water partition coefficient (Wildman–Crippen LogP) is 7.55. The van der Waals surface area contributed by atoms with E-state index in [1.54, 1.807) is 14.2 Å². The number of hydrogen-bond donors (Lipinski definition) is 0. The lowest BCUT2D eigenvalue weighted by atomic mass is 9.92. The van der Waals surface area contributed by atoms with Crippen molar-refractivity contribution in [1.82, 2.24) is 0 Å². The van der Waals surface area contributed by atoms with Gasteiger partial charge in [-0.05, 0) is 65.0 Å². The summed E-state index contributed by atoms with van der Waals surface area (Å²) in [4.78, 5) is 12.1. The van der Waals surface area contributed by atoms with Gasteiger partial charge in [0.05, 0.1) is 20.8 Å². The summed E-state index contributed by atoms with van der Waals surface area (Å²) in [5.41, 5.74) is 4.38. The maximum absolute atomic E-state index is 12.1. The van der Waals surface area contributed by atoms with Crippen LogP contribution >= 0.6 is 0 Å². The zero-order valence-electron chi connectivity index (χ0n) is 23.7. The minimum absolute atomic E-state index is 0.0646. The second-order valence-corrected chi connectivity index (χ2v) is 15.4. The number of benzene rings is 3. The third kappa shape index (κ3) is 7.06. The van der Waals surface area contributed by atoms with Gasteiger partial charge < -0.3 is 18.6 Å². The number of carbonyl (C=O) groups is 1. The summed E-state index contributed by atoms with van der Waals surface area (Å²) in [5.74, 6) is 7.15. The largest absolute Gasteiger partial charge is 0.493 e. The molecule has 200 valence electrons. The highest BCUT2D eigenvalue weighted by Crippen LogP contribution is 2.41. The van der Waals surface area contributed by atoms with E-state index in [2.05, 4.69) is 45.7 Å². The first-order valence-corrected chi connectivity index (χ1v) is 15.6. The van der Waals surface area contributed by atoms with Gasteiger partial charge in [-0.25, -0.2) is 0 Å². The SMILES string of the molecule is COc1cc(CO[Si](C)(C)C(C)(C)C)c(-c2ccccc2[C@@H](C#Cc2ccccc2)OC(C)=O)cc1OC. The molecule has 0 aliphatic heterocycles. The molecule has 1 atom stereocenters. The summed E-state index contributed by atoms with van der Waals surface area (Å²) in [6, 6.07) is 21.4. The molecular weight excluding hydrogens is 492 g/mol. The van der Waals surface area contributed by atoms with E-state index >= 15 is 0 Å². The Balaban J connectivity index is 2.16. The molecule has 0 aromatic heterocycles. The van der Waals surface area contributed by atoms with Crippen LogP contribution in [-0.2, 0) is 20.6 Å². The lowest BCUT2D eigenvalue weighted by molar-refractivity contribution is -0.144. The number of rotatable bonds is 8. The Labute approximate surface area is 228 Å². The molecule has 5 nitrogen and oxygen atoms in total. The summed E-state index contributed by atoms with van der Waals surface area (Å²) >= 11 is 0. The summed E-state index contributed by atoms with van der Waals surface area (Å²) < 4.78 is 23.6. The van der Waals surface area contributed by atoms with Crippen molar-refractivity contribution in [3.05, 3.63) is 83.4 Å². The molecule has 0 radical (unpaired) electrons. The predicted molar refractivity (Wildman–Crippen MR) is 155 cm³/mol. The Kier molecular flexibility index (Phi) is 9.43. The van der Waals surface area contributed by atoms with Crippen molar-refractivity contribution >= 4 is 14.3 Å². The van der Waals surface area contributed by atoms with Gasteiger partial charge in [0.2, 0.25) is 0 Å². The number of carbonyl (C=O) groups excluding carboxylic acids is 1. The van der Waals surface area contributed by atoms with Gasteiger partial charge in [-0.3, -0.25) is 4.79 Å². The Hall–Kier alpha value is -3.53. The van der Waals surface area contributed by atoms with E-state index in [1.165, 1.54) is 6.92 Å². The lowest BCUT2D eigenvalue weighted by Crippen LogP contribution is -2.40. The van der Waals surface area contributed by atoms with E-state index in [4.69, 9.17) is 18.6 Å².